The van der Waals surface area contributed by atoms with Crippen molar-refractivity contribution in [3.05, 3.63) is 108 Å². The van der Waals surface area contributed by atoms with Crippen molar-refractivity contribution >= 4 is 87.6 Å². The summed E-state index contributed by atoms with van der Waals surface area (Å²) in [4.78, 5) is 19.6. The average Bonchev–Trinajstić information content (AvgIpc) is 3.70. The first kappa shape index (κ1) is 21.4. The van der Waals surface area contributed by atoms with Crippen molar-refractivity contribution in [3.8, 4) is 0 Å². The number of amidine groups is 2. The molecule has 0 spiro atoms. The Labute approximate surface area is 225 Å². The lowest BCUT2D eigenvalue weighted by molar-refractivity contribution is 1.40. The summed E-state index contributed by atoms with van der Waals surface area (Å²) in [6, 6.07) is 32.8. The number of aromatic nitrogens is 2. The molecule has 0 unspecified atom stereocenters. The Balaban J connectivity index is 1.37. The van der Waals surface area contributed by atoms with E-state index in [0.717, 1.165) is 65.8 Å². The molecule has 2 aliphatic rings. The normalized spacial score (nSPS) is 18.2. The van der Waals surface area contributed by atoms with Gasteiger partial charge in [0.15, 0.2) is 0 Å². The van der Waals surface area contributed by atoms with E-state index in [2.05, 4.69) is 59.2 Å². The maximum Gasteiger partial charge on any atom is 0.212 e. The van der Waals surface area contributed by atoms with Crippen LogP contribution in [0.5, 0.6) is 0 Å². The Morgan fingerprint density at radius 3 is 1.39 bits per heavy atom. The molecule has 0 radical (unpaired) electrons. The van der Waals surface area contributed by atoms with Crippen LogP contribution in [-0.4, -0.2) is 21.6 Å². The van der Waals surface area contributed by atoms with Crippen molar-refractivity contribution < 1.29 is 0 Å². The third-order valence-corrected chi connectivity index (χ3v) is 8.46. The van der Waals surface area contributed by atoms with Gasteiger partial charge >= 0.3 is 0 Å². The Bertz CT molecular complexity index is 1790. The van der Waals surface area contributed by atoms with Gasteiger partial charge in [0.05, 0.1) is 20.4 Å². The molecule has 6 nitrogen and oxygen atoms in total. The van der Waals surface area contributed by atoms with E-state index < -0.39 is 0 Å². The number of thiazole rings is 2. The van der Waals surface area contributed by atoms with E-state index in [1.165, 1.54) is 0 Å². The fourth-order valence-electron chi connectivity index (χ4n) is 4.94. The molecule has 4 aromatic carbocycles. The molecule has 2 aromatic heterocycles. The highest BCUT2D eigenvalue weighted by molar-refractivity contribution is 7.22. The van der Waals surface area contributed by atoms with Crippen molar-refractivity contribution in [2.24, 2.45) is 9.98 Å². The highest BCUT2D eigenvalue weighted by atomic mass is 32.1. The molecule has 0 bridgehead atoms. The summed E-state index contributed by atoms with van der Waals surface area (Å²) < 4.78 is 2.23. The van der Waals surface area contributed by atoms with Gasteiger partial charge in [0.25, 0.3) is 0 Å². The van der Waals surface area contributed by atoms with Gasteiger partial charge in [-0.15, -0.1) is 0 Å². The fourth-order valence-corrected chi connectivity index (χ4v) is 6.62. The number of aliphatic imine (C=N–C) groups is 2. The number of nitrogens with one attached hydrogen (secondary N) is 2. The number of rotatable bonds is 2. The van der Waals surface area contributed by atoms with E-state index in [1.807, 2.05) is 48.5 Å². The van der Waals surface area contributed by atoms with Crippen LogP contribution in [0.4, 0.5) is 21.6 Å². The minimum atomic E-state index is 0.712. The summed E-state index contributed by atoms with van der Waals surface area (Å²) in [6.07, 6.45) is 0. The molecule has 0 aliphatic carbocycles. The van der Waals surface area contributed by atoms with E-state index in [0.29, 0.717) is 10.3 Å². The number of fused-ring (bicyclic) bond motifs is 4. The zero-order chi connectivity index (χ0) is 25.1. The van der Waals surface area contributed by atoms with Gasteiger partial charge in [-0.1, -0.05) is 83.3 Å². The van der Waals surface area contributed by atoms with Crippen LogP contribution < -0.4 is 10.6 Å². The maximum absolute atomic E-state index is 5.04. The first-order chi connectivity index (χ1) is 18.8. The van der Waals surface area contributed by atoms with Crippen LogP contribution in [0, 0.1) is 0 Å². The first-order valence-electron chi connectivity index (χ1n) is 12.2. The van der Waals surface area contributed by atoms with Crippen LogP contribution >= 0.6 is 22.7 Å². The Hall–Kier alpha value is -4.66. The molecule has 0 saturated heterocycles. The summed E-state index contributed by atoms with van der Waals surface area (Å²) in [5.74, 6) is 1.52. The molecule has 4 heterocycles. The second kappa shape index (κ2) is 8.44. The molecular weight excluding hydrogens is 509 g/mol. The Morgan fingerprint density at radius 1 is 0.500 bits per heavy atom. The van der Waals surface area contributed by atoms with Gasteiger partial charge in [-0.05, 0) is 36.4 Å². The molecule has 8 heteroatoms. The van der Waals surface area contributed by atoms with E-state index in [9.17, 15) is 0 Å². The van der Waals surface area contributed by atoms with Gasteiger partial charge in [-0.3, -0.25) is 0 Å². The second-order valence-electron chi connectivity index (χ2n) is 8.94. The largest absolute Gasteiger partial charge is 0.339 e. The van der Waals surface area contributed by atoms with Crippen LogP contribution in [0.15, 0.2) is 107 Å². The topological polar surface area (TPSA) is 74.6 Å². The average molecular weight is 527 g/mol. The zero-order valence-electron chi connectivity index (χ0n) is 19.8. The summed E-state index contributed by atoms with van der Waals surface area (Å²) in [6.45, 7) is 0. The van der Waals surface area contributed by atoms with E-state index in [4.69, 9.17) is 20.0 Å². The summed E-state index contributed by atoms with van der Waals surface area (Å²) in [5.41, 5.74) is 8.09. The highest BCUT2D eigenvalue weighted by Crippen LogP contribution is 2.44. The number of hydrogen-bond donors (Lipinski definition) is 2. The van der Waals surface area contributed by atoms with Gasteiger partial charge in [0, 0.05) is 33.6 Å². The molecule has 2 aliphatic heterocycles. The summed E-state index contributed by atoms with van der Waals surface area (Å²) >= 11 is 3.17. The standard InChI is InChI=1S/C30H18N6S2/c1-3-11-19-17(9-1)25(27(31-19)35-29-33-21-13-5-7-15-23(21)37-29)26-18-10-2-4-12-20(18)32-28(26)36-30-34-22-14-6-8-16-24(22)38-30/h1-16H,(H,31,33,35)(H,32,34,36)/b26-25+. The number of anilines is 2. The van der Waals surface area contributed by atoms with Crippen LogP contribution in [0.1, 0.15) is 11.1 Å². The predicted octanol–water partition coefficient (Wildman–Crippen LogP) is 8.13. The lowest BCUT2D eigenvalue weighted by atomic mass is 9.96. The van der Waals surface area contributed by atoms with Crippen molar-refractivity contribution in [2.45, 2.75) is 0 Å². The smallest absolute Gasteiger partial charge is 0.212 e. The van der Waals surface area contributed by atoms with E-state index in [1.54, 1.807) is 22.7 Å². The Morgan fingerprint density at radius 2 is 0.921 bits per heavy atom. The second-order valence-corrected chi connectivity index (χ2v) is 11.0. The minimum Gasteiger partial charge on any atom is -0.339 e. The fraction of sp³-hybridized carbons (Fsp3) is 0. The molecular formula is C30H18N6S2. The first-order valence-corrected chi connectivity index (χ1v) is 13.8. The summed E-state index contributed by atoms with van der Waals surface area (Å²) in [5, 5.41) is 8.53. The third-order valence-electron chi connectivity index (χ3n) is 6.60. The number of nitrogens with zero attached hydrogens (tertiary/aromatic N) is 4. The molecule has 38 heavy (non-hydrogen) atoms. The van der Waals surface area contributed by atoms with E-state index in [-0.39, 0.29) is 0 Å². The molecule has 0 amide bonds. The van der Waals surface area contributed by atoms with Gasteiger partial charge in [0.1, 0.15) is 11.7 Å². The third kappa shape index (κ3) is 3.46. The van der Waals surface area contributed by atoms with Gasteiger partial charge in [0.2, 0.25) is 10.3 Å². The van der Waals surface area contributed by atoms with Gasteiger partial charge < -0.3 is 10.6 Å². The van der Waals surface area contributed by atoms with Gasteiger partial charge in [-0.2, -0.15) is 0 Å². The van der Waals surface area contributed by atoms with Crippen molar-refractivity contribution in [2.75, 3.05) is 10.6 Å². The minimum absolute atomic E-state index is 0.712. The molecule has 0 saturated carbocycles. The molecule has 2 N–H and O–H groups in total. The lowest BCUT2D eigenvalue weighted by Crippen LogP contribution is -2.11. The molecule has 6 aromatic rings. The van der Waals surface area contributed by atoms with Crippen LogP contribution in [0.2, 0.25) is 0 Å². The molecule has 0 fully saturated rings. The van der Waals surface area contributed by atoms with Crippen LogP contribution in [-0.2, 0) is 0 Å². The van der Waals surface area contributed by atoms with E-state index >= 15 is 0 Å². The Kier molecular flexibility index (Phi) is 4.76. The predicted molar refractivity (Wildman–Crippen MR) is 160 cm³/mol. The molecule has 0 atom stereocenters. The zero-order valence-corrected chi connectivity index (χ0v) is 21.5. The van der Waals surface area contributed by atoms with Gasteiger partial charge in [-0.25, -0.2) is 20.0 Å². The molecule has 180 valence electrons. The number of benzene rings is 4. The van der Waals surface area contributed by atoms with Crippen molar-refractivity contribution in [3.63, 3.8) is 0 Å². The highest BCUT2D eigenvalue weighted by Gasteiger charge is 2.33. The number of hydrogen-bond acceptors (Lipinski definition) is 6. The maximum atomic E-state index is 5.04. The van der Waals surface area contributed by atoms with Crippen molar-refractivity contribution in [1.82, 2.24) is 9.97 Å². The van der Waals surface area contributed by atoms with Crippen LogP contribution in [0.25, 0.3) is 31.6 Å². The molecule has 8 rings (SSSR count). The SMILES string of the molecule is c1ccc2c(c1)NC(=N\c1nc3ccccc3s1)/C2=C1/C(=N/c2nc3ccccc3s2)Nc2ccccc21. The van der Waals surface area contributed by atoms with Crippen LogP contribution in [0.3, 0.4) is 0 Å². The number of para-hydroxylation sites is 4. The van der Waals surface area contributed by atoms with Crippen molar-refractivity contribution in [1.29, 1.82) is 0 Å². The monoisotopic (exact) mass is 526 g/mol. The lowest BCUT2D eigenvalue weighted by Gasteiger charge is -2.08. The summed E-state index contributed by atoms with van der Waals surface area (Å²) in [7, 11) is 0. The quantitative estimate of drug-likeness (QED) is 0.239.